The molecule has 0 radical (unpaired) electrons. The van der Waals surface area contributed by atoms with Gasteiger partial charge in [-0.2, -0.15) is 18.4 Å². The molecule has 172 valence electrons. The number of sulfonamides is 1. The standard InChI is InChI=1S/C23H20F3N3O3S/c24-23(25,26)17-3-6-20(15(13-17)14-27)32-19-4-1-16(2-5-19)22-9-7-18(8-10-22)29-11-12-33(30,31)28-21(22)29/h1-6,13,18H,7-12H2. The van der Waals surface area contributed by atoms with Crippen LogP contribution in [0.15, 0.2) is 46.9 Å². The number of hydrogen-bond acceptors (Lipinski definition) is 5. The highest BCUT2D eigenvalue weighted by molar-refractivity contribution is 7.90. The van der Waals surface area contributed by atoms with Crippen LogP contribution in [0.5, 0.6) is 11.5 Å². The largest absolute Gasteiger partial charge is 0.456 e. The van der Waals surface area contributed by atoms with E-state index in [1.807, 2.05) is 12.1 Å². The summed E-state index contributed by atoms with van der Waals surface area (Å²) in [5.74, 6) is 1.05. The Kier molecular flexibility index (Phi) is 4.94. The number of alkyl halides is 3. The van der Waals surface area contributed by atoms with Gasteiger partial charge in [-0.05, 0) is 61.6 Å². The Morgan fingerprint density at radius 2 is 1.82 bits per heavy atom. The normalized spacial score (nSPS) is 25.7. The molecule has 6 rings (SSSR count). The first-order chi connectivity index (χ1) is 15.6. The molecular formula is C23H20F3N3O3S. The van der Waals surface area contributed by atoms with Gasteiger partial charge in [0.2, 0.25) is 0 Å². The second kappa shape index (κ2) is 7.48. The minimum Gasteiger partial charge on any atom is -0.456 e. The average Bonchev–Trinajstić information content (AvgIpc) is 2.79. The van der Waals surface area contributed by atoms with Gasteiger partial charge in [-0.1, -0.05) is 12.1 Å². The number of benzene rings is 2. The molecular weight excluding hydrogens is 455 g/mol. The maximum atomic E-state index is 12.9. The Morgan fingerprint density at radius 1 is 1.12 bits per heavy atom. The second-order valence-electron chi connectivity index (χ2n) is 8.65. The van der Waals surface area contributed by atoms with Gasteiger partial charge in [-0.15, -0.1) is 4.40 Å². The number of nitrogens with zero attached hydrogens (tertiary/aromatic N) is 3. The Labute approximate surface area is 189 Å². The summed E-state index contributed by atoms with van der Waals surface area (Å²) < 4.78 is 73.1. The molecule has 6 nitrogen and oxygen atoms in total. The summed E-state index contributed by atoms with van der Waals surface area (Å²) in [5, 5.41) is 9.26. The number of amidine groups is 1. The molecule has 1 aliphatic carbocycles. The number of ether oxygens (including phenoxy) is 1. The topological polar surface area (TPSA) is 82.8 Å². The molecule has 0 spiro atoms. The van der Waals surface area contributed by atoms with Crippen LogP contribution in [0.25, 0.3) is 0 Å². The highest BCUT2D eigenvalue weighted by atomic mass is 32.2. The van der Waals surface area contributed by atoms with Crippen LogP contribution in [0.2, 0.25) is 0 Å². The Morgan fingerprint density at radius 3 is 2.45 bits per heavy atom. The third-order valence-electron chi connectivity index (χ3n) is 6.83. The van der Waals surface area contributed by atoms with Crippen LogP contribution in [-0.4, -0.2) is 37.5 Å². The van der Waals surface area contributed by atoms with Crippen molar-refractivity contribution >= 4 is 15.9 Å². The van der Waals surface area contributed by atoms with Crippen molar-refractivity contribution in [3.05, 3.63) is 59.2 Å². The van der Waals surface area contributed by atoms with E-state index in [-0.39, 0.29) is 17.1 Å². The molecule has 0 aromatic heterocycles. The van der Waals surface area contributed by atoms with Crippen molar-refractivity contribution in [1.82, 2.24) is 4.90 Å². The quantitative estimate of drug-likeness (QED) is 0.648. The molecule has 10 heteroatoms. The zero-order chi connectivity index (χ0) is 23.4. The summed E-state index contributed by atoms with van der Waals surface area (Å²) in [4.78, 5) is 2.14. The van der Waals surface area contributed by atoms with Crippen LogP contribution in [-0.2, 0) is 21.6 Å². The molecule has 2 aromatic rings. The van der Waals surface area contributed by atoms with Crippen molar-refractivity contribution in [2.24, 2.45) is 4.40 Å². The number of fused-ring (bicyclic) bond motifs is 2. The molecule has 33 heavy (non-hydrogen) atoms. The van der Waals surface area contributed by atoms with Crippen molar-refractivity contribution < 1.29 is 26.3 Å². The van der Waals surface area contributed by atoms with Crippen LogP contribution in [0.1, 0.15) is 42.4 Å². The van der Waals surface area contributed by atoms with Gasteiger partial charge in [-0.25, -0.2) is 8.42 Å². The van der Waals surface area contributed by atoms with E-state index in [4.69, 9.17) is 4.74 Å². The smallest absolute Gasteiger partial charge is 0.416 e. The van der Waals surface area contributed by atoms with Crippen LogP contribution < -0.4 is 4.74 Å². The molecule has 3 heterocycles. The molecule has 0 amide bonds. The summed E-state index contributed by atoms with van der Waals surface area (Å²) in [6.07, 6.45) is -1.00. The van der Waals surface area contributed by atoms with Crippen LogP contribution in [0.3, 0.4) is 0 Å². The fraction of sp³-hybridized carbons (Fsp3) is 0.391. The van der Waals surface area contributed by atoms with Crippen molar-refractivity contribution in [2.45, 2.75) is 43.3 Å². The molecule has 0 unspecified atom stereocenters. The summed E-state index contributed by atoms with van der Waals surface area (Å²) in [7, 11) is -3.48. The lowest BCUT2D eigenvalue weighted by Crippen LogP contribution is -2.62. The van der Waals surface area contributed by atoms with E-state index in [0.717, 1.165) is 49.4 Å². The first kappa shape index (κ1) is 21.8. The SMILES string of the molecule is N#Cc1cc(C(F)(F)F)ccc1Oc1ccc(C23CCC(CC2)N2CCS(=O)(=O)N=C23)cc1. The summed E-state index contributed by atoms with van der Waals surface area (Å²) in [6, 6.07) is 11.9. The molecule has 3 aliphatic heterocycles. The summed E-state index contributed by atoms with van der Waals surface area (Å²) >= 11 is 0. The van der Waals surface area contributed by atoms with Gasteiger partial charge < -0.3 is 9.64 Å². The maximum Gasteiger partial charge on any atom is 0.416 e. The van der Waals surface area contributed by atoms with Crippen LogP contribution >= 0.6 is 0 Å². The maximum absolute atomic E-state index is 12.9. The zero-order valence-electron chi connectivity index (χ0n) is 17.5. The van der Waals surface area contributed by atoms with Crippen LogP contribution in [0, 0.1) is 11.3 Å². The predicted octanol–water partition coefficient (Wildman–Crippen LogP) is 4.61. The zero-order valence-corrected chi connectivity index (χ0v) is 18.3. The lowest BCUT2D eigenvalue weighted by Gasteiger charge is -2.55. The van der Waals surface area contributed by atoms with Gasteiger partial charge in [0.1, 0.15) is 23.4 Å². The number of halogens is 3. The van der Waals surface area contributed by atoms with Crippen molar-refractivity contribution in [1.29, 1.82) is 5.26 Å². The molecule has 4 aliphatic rings. The number of hydrogen-bond donors (Lipinski definition) is 0. The minimum absolute atomic E-state index is 0.0310. The molecule has 3 fully saturated rings. The van der Waals surface area contributed by atoms with Gasteiger partial charge >= 0.3 is 6.18 Å². The van der Waals surface area contributed by atoms with E-state index in [1.54, 1.807) is 18.2 Å². The Balaban J connectivity index is 1.45. The lowest BCUT2D eigenvalue weighted by atomic mass is 9.63. The monoisotopic (exact) mass is 475 g/mol. The van der Waals surface area contributed by atoms with Crippen molar-refractivity contribution in [3.63, 3.8) is 0 Å². The van der Waals surface area contributed by atoms with E-state index in [1.165, 1.54) is 0 Å². The first-order valence-electron chi connectivity index (χ1n) is 10.6. The van der Waals surface area contributed by atoms with Gasteiger partial charge in [0.15, 0.2) is 0 Å². The van der Waals surface area contributed by atoms with E-state index >= 15 is 0 Å². The second-order valence-corrected chi connectivity index (χ2v) is 10.4. The van der Waals surface area contributed by atoms with Gasteiger partial charge in [0.05, 0.1) is 22.3 Å². The number of piperidine rings is 2. The third kappa shape index (κ3) is 3.74. The highest BCUT2D eigenvalue weighted by Crippen LogP contribution is 2.49. The molecule has 1 saturated carbocycles. The molecule has 0 atom stereocenters. The Bertz CT molecular complexity index is 1270. The fourth-order valence-corrected chi connectivity index (χ4v) is 6.23. The fourth-order valence-electron chi connectivity index (χ4n) is 5.17. The van der Waals surface area contributed by atoms with E-state index < -0.39 is 27.2 Å². The summed E-state index contributed by atoms with van der Waals surface area (Å²) in [5.41, 5.74) is -0.675. The number of nitriles is 1. The average molecular weight is 475 g/mol. The Hall–Kier alpha value is -3.06. The van der Waals surface area contributed by atoms with Gasteiger partial charge in [-0.3, -0.25) is 0 Å². The first-order valence-corrected chi connectivity index (χ1v) is 12.2. The molecule has 2 bridgehead atoms. The molecule has 2 saturated heterocycles. The van der Waals surface area contributed by atoms with Crippen LogP contribution in [0.4, 0.5) is 13.2 Å². The third-order valence-corrected chi connectivity index (χ3v) is 7.98. The molecule has 0 N–H and O–H groups in total. The van der Waals surface area contributed by atoms with Crippen molar-refractivity contribution in [2.75, 3.05) is 12.3 Å². The summed E-state index contributed by atoms with van der Waals surface area (Å²) in [6.45, 7) is 0.458. The van der Waals surface area contributed by atoms with E-state index in [0.29, 0.717) is 24.2 Å². The van der Waals surface area contributed by atoms with Gasteiger partial charge in [0.25, 0.3) is 10.0 Å². The minimum atomic E-state index is -4.55. The molecule has 2 aromatic carbocycles. The van der Waals surface area contributed by atoms with E-state index in [2.05, 4.69) is 9.30 Å². The van der Waals surface area contributed by atoms with Gasteiger partial charge in [0, 0.05) is 12.6 Å². The predicted molar refractivity (Wildman–Crippen MR) is 115 cm³/mol. The number of rotatable bonds is 3. The van der Waals surface area contributed by atoms with Crippen molar-refractivity contribution in [3.8, 4) is 17.6 Å². The van der Waals surface area contributed by atoms with E-state index in [9.17, 15) is 26.9 Å². The highest BCUT2D eigenvalue weighted by Gasteiger charge is 2.52. The lowest BCUT2D eigenvalue weighted by molar-refractivity contribution is -0.137.